The number of hydrogen-bond acceptors (Lipinski definition) is 4. The van der Waals surface area contributed by atoms with Crippen LogP contribution in [0.2, 0.25) is 0 Å². The van der Waals surface area contributed by atoms with Gasteiger partial charge in [-0.05, 0) is 24.8 Å². The number of carbonyl (C=O) groups excluding carboxylic acids is 1. The molecular weight excluding hydrogens is 278 g/mol. The minimum absolute atomic E-state index is 0. The zero-order chi connectivity index (χ0) is 13.2. The highest BCUT2D eigenvalue weighted by Gasteiger charge is 2.26. The number of aromatic nitrogens is 3. The van der Waals surface area contributed by atoms with Crippen LogP contribution in [0.25, 0.3) is 5.65 Å². The van der Waals surface area contributed by atoms with Crippen molar-refractivity contribution in [3.63, 3.8) is 0 Å². The topological polar surface area (TPSA) is 85.3 Å². The molecule has 6 nitrogen and oxygen atoms in total. The highest BCUT2D eigenvalue weighted by molar-refractivity contribution is 5.90. The number of rotatable bonds is 3. The van der Waals surface area contributed by atoms with Crippen molar-refractivity contribution in [2.75, 3.05) is 5.32 Å². The molecule has 2 heterocycles. The van der Waals surface area contributed by atoms with E-state index in [2.05, 4.69) is 15.4 Å². The molecule has 1 amide bonds. The van der Waals surface area contributed by atoms with E-state index >= 15 is 0 Å². The van der Waals surface area contributed by atoms with Gasteiger partial charge in [-0.2, -0.15) is 9.61 Å². The number of nitrogens with zero attached hydrogens (tertiary/aromatic N) is 3. The molecule has 0 radical (unpaired) electrons. The summed E-state index contributed by atoms with van der Waals surface area (Å²) in [5.74, 6) is 0.937. The molecule has 0 saturated heterocycles. The van der Waals surface area contributed by atoms with Gasteiger partial charge < -0.3 is 11.1 Å². The molecule has 20 heavy (non-hydrogen) atoms. The lowest BCUT2D eigenvalue weighted by Crippen LogP contribution is -2.28. The second-order valence-corrected chi connectivity index (χ2v) is 5.04. The lowest BCUT2D eigenvalue weighted by atomic mass is 10.00. The van der Waals surface area contributed by atoms with Gasteiger partial charge in [0.05, 0.1) is 6.20 Å². The summed E-state index contributed by atoms with van der Waals surface area (Å²) in [6.07, 6.45) is 6.99. The van der Waals surface area contributed by atoms with Crippen LogP contribution in [0, 0.1) is 5.92 Å². The zero-order valence-electron chi connectivity index (χ0n) is 11.0. The average Bonchev–Trinajstić information content (AvgIpc) is 3.00. The molecule has 0 aromatic carbocycles. The summed E-state index contributed by atoms with van der Waals surface area (Å²) in [7, 11) is 0. The maximum atomic E-state index is 12.1. The van der Waals surface area contributed by atoms with Gasteiger partial charge in [0.2, 0.25) is 5.91 Å². The molecule has 7 heteroatoms. The highest BCUT2D eigenvalue weighted by Crippen LogP contribution is 2.27. The van der Waals surface area contributed by atoms with Crippen LogP contribution in [0.1, 0.15) is 25.7 Å². The lowest BCUT2D eigenvalue weighted by molar-refractivity contribution is -0.117. The molecule has 0 bridgehead atoms. The van der Waals surface area contributed by atoms with E-state index in [1.807, 2.05) is 0 Å². The zero-order valence-corrected chi connectivity index (χ0v) is 11.8. The monoisotopic (exact) mass is 295 g/mol. The third-order valence-electron chi connectivity index (χ3n) is 3.72. The van der Waals surface area contributed by atoms with Crippen LogP contribution in [-0.4, -0.2) is 26.5 Å². The summed E-state index contributed by atoms with van der Waals surface area (Å²) < 4.78 is 1.62. The van der Waals surface area contributed by atoms with E-state index in [1.165, 1.54) is 0 Å². The van der Waals surface area contributed by atoms with Crippen LogP contribution in [0.3, 0.4) is 0 Å². The third kappa shape index (κ3) is 2.91. The molecule has 1 aliphatic carbocycles. The first kappa shape index (κ1) is 14.7. The maximum absolute atomic E-state index is 12.1. The molecule has 2 atom stereocenters. The summed E-state index contributed by atoms with van der Waals surface area (Å²) in [5.41, 5.74) is 6.71. The molecule has 2 aromatic heterocycles. The molecule has 1 aliphatic rings. The van der Waals surface area contributed by atoms with Crippen LogP contribution in [-0.2, 0) is 4.79 Å². The predicted molar refractivity (Wildman–Crippen MR) is 78.8 cm³/mol. The summed E-state index contributed by atoms with van der Waals surface area (Å²) in [4.78, 5) is 16.2. The number of fused-ring (bicyclic) bond motifs is 1. The molecule has 108 valence electrons. The van der Waals surface area contributed by atoms with E-state index in [-0.39, 0.29) is 24.4 Å². The normalized spacial score (nSPS) is 21.6. The third-order valence-corrected chi connectivity index (χ3v) is 3.72. The van der Waals surface area contributed by atoms with Crippen molar-refractivity contribution in [1.82, 2.24) is 14.6 Å². The largest absolute Gasteiger partial charge is 0.327 e. The molecule has 3 rings (SSSR count). The van der Waals surface area contributed by atoms with Crippen molar-refractivity contribution in [3.05, 3.63) is 24.5 Å². The fourth-order valence-corrected chi connectivity index (χ4v) is 2.68. The molecule has 3 N–H and O–H groups in total. The van der Waals surface area contributed by atoms with Gasteiger partial charge in [0.15, 0.2) is 5.65 Å². The highest BCUT2D eigenvalue weighted by atomic mass is 35.5. The van der Waals surface area contributed by atoms with Gasteiger partial charge in [0, 0.05) is 24.7 Å². The molecule has 1 saturated carbocycles. The number of carbonyl (C=O) groups is 1. The van der Waals surface area contributed by atoms with Crippen molar-refractivity contribution in [1.29, 1.82) is 0 Å². The molecule has 0 aliphatic heterocycles. The van der Waals surface area contributed by atoms with Gasteiger partial charge in [-0.1, -0.05) is 6.42 Å². The first-order valence-electron chi connectivity index (χ1n) is 6.58. The Kier molecular flexibility index (Phi) is 4.57. The van der Waals surface area contributed by atoms with E-state index < -0.39 is 0 Å². The van der Waals surface area contributed by atoms with Gasteiger partial charge in [-0.15, -0.1) is 12.4 Å². The van der Waals surface area contributed by atoms with Gasteiger partial charge in [-0.25, -0.2) is 4.98 Å². The van der Waals surface area contributed by atoms with E-state index in [4.69, 9.17) is 5.73 Å². The molecule has 1 fully saturated rings. The summed E-state index contributed by atoms with van der Waals surface area (Å²) >= 11 is 0. The second kappa shape index (κ2) is 6.19. The van der Waals surface area contributed by atoms with Crippen LogP contribution in [0.15, 0.2) is 24.5 Å². The Labute approximate surface area is 123 Å². The van der Waals surface area contributed by atoms with E-state index in [0.717, 1.165) is 24.9 Å². The summed E-state index contributed by atoms with van der Waals surface area (Å²) in [6.45, 7) is 0. The minimum atomic E-state index is -0.00894. The SMILES string of the molecule is Cl.N[C@@H]1CCC[C@H]1CC(=O)Nc1ccnc2ccnn12. The van der Waals surface area contributed by atoms with Crippen molar-refractivity contribution < 1.29 is 4.79 Å². The number of amides is 1. The average molecular weight is 296 g/mol. The first-order chi connectivity index (χ1) is 9.24. The number of halogens is 1. The quantitative estimate of drug-likeness (QED) is 0.901. The lowest BCUT2D eigenvalue weighted by Gasteiger charge is -2.14. The van der Waals surface area contributed by atoms with E-state index in [1.54, 1.807) is 29.0 Å². The number of hydrogen-bond donors (Lipinski definition) is 2. The fourth-order valence-electron chi connectivity index (χ4n) is 2.68. The smallest absolute Gasteiger partial charge is 0.225 e. The molecular formula is C13H18ClN5O. The summed E-state index contributed by atoms with van der Waals surface area (Å²) in [5, 5.41) is 7.02. The number of nitrogens with one attached hydrogen (secondary N) is 1. The Morgan fingerprint density at radius 3 is 3.00 bits per heavy atom. The van der Waals surface area contributed by atoms with Gasteiger partial charge in [-0.3, -0.25) is 4.79 Å². The van der Waals surface area contributed by atoms with Crippen LogP contribution >= 0.6 is 12.4 Å². The van der Waals surface area contributed by atoms with E-state index in [9.17, 15) is 4.79 Å². The fraction of sp³-hybridized carbons (Fsp3) is 0.462. The van der Waals surface area contributed by atoms with Crippen LogP contribution in [0.5, 0.6) is 0 Å². The molecule has 0 spiro atoms. The maximum Gasteiger partial charge on any atom is 0.225 e. The van der Waals surface area contributed by atoms with Crippen molar-refractivity contribution >= 4 is 29.8 Å². The van der Waals surface area contributed by atoms with Gasteiger partial charge in [0.1, 0.15) is 5.82 Å². The van der Waals surface area contributed by atoms with Gasteiger partial charge >= 0.3 is 0 Å². The molecule has 2 aromatic rings. The second-order valence-electron chi connectivity index (χ2n) is 5.04. The Bertz CT molecular complexity index is 599. The minimum Gasteiger partial charge on any atom is -0.327 e. The predicted octanol–water partition coefficient (Wildman–Crippen LogP) is 1.61. The molecule has 0 unspecified atom stereocenters. The van der Waals surface area contributed by atoms with Crippen molar-refractivity contribution in [2.45, 2.75) is 31.7 Å². The Morgan fingerprint density at radius 2 is 2.25 bits per heavy atom. The Hall–Kier alpha value is -1.66. The van der Waals surface area contributed by atoms with Gasteiger partial charge in [0.25, 0.3) is 0 Å². The Morgan fingerprint density at radius 1 is 1.40 bits per heavy atom. The number of anilines is 1. The number of nitrogens with two attached hydrogens (primary N) is 1. The van der Waals surface area contributed by atoms with Crippen LogP contribution < -0.4 is 11.1 Å². The summed E-state index contributed by atoms with van der Waals surface area (Å²) in [6, 6.07) is 3.70. The van der Waals surface area contributed by atoms with E-state index in [0.29, 0.717) is 18.2 Å². The van der Waals surface area contributed by atoms with Crippen molar-refractivity contribution in [2.24, 2.45) is 11.7 Å². The first-order valence-corrected chi connectivity index (χ1v) is 6.58. The standard InChI is InChI=1S/C13H17N5O.ClH/c14-10-3-1-2-9(10)8-13(19)17-12-4-6-15-11-5-7-16-18(11)12;/h4-7,9-10H,1-3,8,14H2,(H,17,19);1H/t9-,10+;/m0./s1. The Balaban J connectivity index is 0.00000147. The van der Waals surface area contributed by atoms with Crippen LogP contribution in [0.4, 0.5) is 5.82 Å². The van der Waals surface area contributed by atoms with Crippen molar-refractivity contribution in [3.8, 4) is 0 Å².